The Hall–Kier alpha value is -0.570. The number of halogens is 2. The number of unbranched alkanes of at least 4 members (excludes halogenated alkanes) is 5. The molecule has 112 valence electrons. The lowest BCUT2D eigenvalue weighted by Gasteiger charge is -2.06. The van der Waals surface area contributed by atoms with Crippen molar-refractivity contribution in [3.8, 4) is 0 Å². The van der Waals surface area contributed by atoms with Crippen LogP contribution in [-0.4, -0.2) is 19.0 Å². The van der Waals surface area contributed by atoms with Crippen molar-refractivity contribution in [3.05, 3.63) is 33.8 Å². The van der Waals surface area contributed by atoms with Crippen molar-refractivity contribution in [3.63, 3.8) is 0 Å². The number of rotatable bonds is 10. The summed E-state index contributed by atoms with van der Waals surface area (Å²) in [6.07, 6.45) is 7.26. The van der Waals surface area contributed by atoms with E-state index in [9.17, 15) is 4.79 Å². The Balaban J connectivity index is 2.17. The fourth-order valence-corrected chi connectivity index (χ4v) is 2.46. The Morgan fingerprint density at radius 2 is 1.80 bits per heavy atom. The highest BCUT2D eigenvalue weighted by molar-refractivity contribution is 6.36. The van der Waals surface area contributed by atoms with Crippen LogP contribution in [0.1, 0.15) is 55.8 Å². The number of ether oxygens (including phenoxy) is 1. The lowest BCUT2D eigenvalue weighted by atomic mass is 10.1. The molecule has 20 heavy (non-hydrogen) atoms. The van der Waals surface area contributed by atoms with Crippen LogP contribution in [0.15, 0.2) is 18.2 Å². The van der Waals surface area contributed by atoms with Crippen LogP contribution in [0, 0.1) is 0 Å². The SMILES string of the molecule is CCCCCCCCOCC(=O)c1ccc(Cl)cc1Cl. The van der Waals surface area contributed by atoms with E-state index in [0.29, 0.717) is 22.2 Å². The molecule has 0 radical (unpaired) electrons. The molecule has 2 nitrogen and oxygen atoms in total. The van der Waals surface area contributed by atoms with Crippen molar-refractivity contribution in [1.29, 1.82) is 0 Å². The van der Waals surface area contributed by atoms with Crippen LogP contribution in [0.4, 0.5) is 0 Å². The van der Waals surface area contributed by atoms with E-state index in [1.165, 1.54) is 25.7 Å². The topological polar surface area (TPSA) is 26.3 Å². The summed E-state index contributed by atoms with van der Waals surface area (Å²) in [7, 11) is 0. The smallest absolute Gasteiger partial charge is 0.189 e. The van der Waals surface area contributed by atoms with E-state index in [2.05, 4.69) is 6.92 Å². The molecule has 0 bridgehead atoms. The second kappa shape index (κ2) is 10.2. The zero-order valence-corrected chi connectivity index (χ0v) is 13.5. The monoisotopic (exact) mass is 316 g/mol. The summed E-state index contributed by atoms with van der Waals surface area (Å²) >= 11 is 11.8. The molecule has 0 amide bonds. The molecule has 0 spiro atoms. The van der Waals surface area contributed by atoms with Crippen LogP contribution in [0.5, 0.6) is 0 Å². The van der Waals surface area contributed by atoms with Gasteiger partial charge in [0.1, 0.15) is 6.61 Å². The van der Waals surface area contributed by atoms with Gasteiger partial charge in [0.25, 0.3) is 0 Å². The van der Waals surface area contributed by atoms with Crippen molar-refractivity contribution < 1.29 is 9.53 Å². The van der Waals surface area contributed by atoms with Gasteiger partial charge in [0.15, 0.2) is 5.78 Å². The molecule has 0 atom stereocenters. The number of Topliss-reactive ketones (excluding diaryl/α,β-unsaturated/α-hetero) is 1. The molecule has 0 aliphatic heterocycles. The van der Waals surface area contributed by atoms with Gasteiger partial charge in [0, 0.05) is 17.2 Å². The normalized spacial score (nSPS) is 10.8. The molecule has 0 aliphatic rings. The van der Waals surface area contributed by atoms with Gasteiger partial charge in [0.05, 0.1) is 5.02 Å². The summed E-state index contributed by atoms with van der Waals surface area (Å²) in [4.78, 5) is 11.9. The maximum absolute atomic E-state index is 11.9. The molecule has 0 aromatic heterocycles. The number of carbonyl (C=O) groups is 1. The number of hydrogen-bond acceptors (Lipinski definition) is 2. The molecule has 0 saturated heterocycles. The third-order valence-corrected chi connectivity index (χ3v) is 3.65. The van der Waals surface area contributed by atoms with Gasteiger partial charge in [-0.15, -0.1) is 0 Å². The molecular formula is C16H22Cl2O2. The van der Waals surface area contributed by atoms with Gasteiger partial charge in [-0.3, -0.25) is 4.79 Å². The zero-order valence-electron chi connectivity index (χ0n) is 12.0. The van der Waals surface area contributed by atoms with Gasteiger partial charge in [0.2, 0.25) is 0 Å². The molecule has 1 aromatic rings. The minimum absolute atomic E-state index is 0.0797. The van der Waals surface area contributed by atoms with Gasteiger partial charge in [-0.2, -0.15) is 0 Å². The molecule has 4 heteroatoms. The summed E-state index contributed by atoms with van der Waals surface area (Å²) < 4.78 is 5.40. The minimum Gasteiger partial charge on any atom is -0.373 e. The molecule has 0 fully saturated rings. The van der Waals surface area contributed by atoms with Crippen molar-refractivity contribution in [2.75, 3.05) is 13.2 Å². The first-order chi connectivity index (χ1) is 9.65. The van der Waals surface area contributed by atoms with Crippen LogP contribution >= 0.6 is 23.2 Å². The van der Waals surface area contributed by atoms with Crippen LogP contribution in [0.2, 0.25) is 10.0 Å². The van der Waals surface area contributed by atoms with Gasteiger partial charge in [-0.25, -0.2) is 0 Å². The van der Waals surface area contributed by atoms with Crippen LogP contribution < -0.4 is 0 Å². The minimum atomic E-state index is -0.0994. The van der Waals surface area contributed by atoms with Crippen LogP contribution in [0.3, 0.4) is 0 Å². The van der Waals surface area contributed by atoms with Crippen LogP contribution in [-0.2, 0) is 4.74 Å². The summed E-state index contributed by atoms with van der Waals surface area (Å²) in [5.74, 6) is -0.0994. The summed E-state index contributed by atoms with van der Waals surface area (Å²) in [6, 6.07) is 4.87. The van der Waals surface area contributed by atoms with Crippen molar-refractivity contribution >= 4 is 29.0 Å². The number of benzene rings is 1. The van der Waals surface area contributed by atoms with Gasteiger partial charge in [-0.05, 0) is 24.6 Å². The van der Waals surface area contributed by atoms with E-state index in [-0.39, 0.29) is 12.4 Å². The van der Waals surface area contributed by atoms with E-state index in [0.717, 1.165) is 12.8 Å². The van der Waals surface area contributed by atoms with Crippen molar-refractivity contribution in [2.24, 2.45) is 0 Å². The maximum Gasteiger partial charge on any atom is 0.189 e. The molecule has 1 aromatic carbocycles. The molecule has 0 unspecified atom stereocenters. The summed E-state index contributed by atoms with van der Waals surface area (Å²) in [5.41, 5.74) is 0.471. The highest BCUT2D eigenvalue weighted by atomic mass is 35.5. The molecule has 0 saturated carbocycles. The average Bonchev–Trinajstić information content (AvgIpc) is 2.41. The Morgan fingerprint density at radius 1 is 1.10 bits per heavy atom. The lowest BCUT2D eigenvalue weighted by molar-refractivity contribution is 0.0752. The molecular weight excluding hydrogens is 295 g/mol. The van der Waals surface area contributed by atoms with E-state index in [1.54, 1.807) is 18.2 Å². The van der Waals surface area contributed by atoms with E-state index >= 15 is 0 Å². The summed E-state index contributed by atoms with van der Waals surface area (Å²) in [6.45, 7) is 2.91. The Morgan fingerprint density at radius 3 is 2.50 bits per heavy atom. The van der Waals surface area contributed by atoms with Gasteiger partial charge >= 0.3 is 0 Å². The first kappa shape index (κ1) is 17.5. The standard InChI is InChI=1S/C16H22Cl2O2/c1-2-3-4-5-6-7-10-20-12-16(19)14-9-8-13(17)11-15(14)18/h8-9,11H,2-7,10,12H2,1H3. The number of ketones is 1. The Bertz CT molecular complexity index is 419. The second-order valence-corrected chi connectivity index (χ2v) is 5.71. The second-order valence-electron chi connectivity index (χ2n) is 4.87. The zero-order chi connectivity index (χ0) is 14.8. The predicted octanol–water partition coefficient (Wildman–Crippen LogP) is 5.55. The van der Waals surface area contributed by atoms with Crippen molar-refractivity contribution in [2.45, 2.75) is 45.4 Å². The number of carbonyl (C=O) groups excluding carboxylic acids is 1. The fourth-order valence-electron chi connectivity index (χ4n) is 1.94. The third-order valence-electron chi connectivity index (χ3n) is 3.11. The quantitative estimate of drug-likeness (QED) is 0.417. The molecule has 1 rings (SSSR count). The predicted molar refractivity (Wildman–Crippen MR) is 85.0 cm³/mol. The molecule has 0 heterocycles. The number of hydrogen-bond donors (Lipinski definition) is 0. The average molecular weight is 317 g/mol. The van der Waals surface area contributed by atoms with Crippen LogP contribution in [0.25, 0.3) is 0 Å². The van der Waals surface area contributed by atoms with Gasteiger partial charge in [-0.1, -0.05) is 62.2 Å². The highest BCUT2D eigenvalue weighted by Crippen LogP contribution is 2.21. The largest absolute Gasteiger partial charge is 0.373 e. The highest BCUT2D eigenvalue weighted by Gasteiger charge is 2.10. The first-order valence-electron chi connectivity index (χ1n) is 7.21. The fraction of sp³-hybridized carbons (Fsp3) is 0.562. The first-order valence-corrected chi connectivity index (χ1v) is 7.96. The Kier molecular flexibility index (Phi) is 8.92. The Labute approximate surface area is 131 Å². The third kappa shape index (κ3) is 6.74. The van der Waals surface area contributed by atoms with Gasteiger partial charge < -0.3 is 4.74 Å². The molecule has 0 N–H and O–H groups in total. The van der Waals surface area contributed by atoms with E-state index < -0.39 is 0 Å². The summed E-state index contributed by atoms with van der Waals surface area (Å²) in [5, 5.41) is 0.908. The van der Waals surface area contributed by atoms with E-state index in [1.807, 2.05) is 0 Å². The maximum atomic E-state index is 11.9. The molecule has 0 aliphatic carbocycles. The van der Waals surface area contributed by atoms with E-state index in [4.69, 9.17) is 27.9 Å². The lowest BCUT2D eigenvalue weighted by Crippen LogP contribution is -2.10. The van der Waals surface area contributed by atoms with Crippen molar-refractivity contribution in [1.82, 2.24) is 0 Å².